The van der Waals surface area contributed by atoms with Gasteiger partial charge in [0.05, 0.1) is 13.2 Å². The summed E-state index contributed by atoms with van der Waals surface area (Å²) in [6, 6.07) is 5.48. The molecule has 4 nitrogen and oxygen atoms in total. The first-order valence-electron chi connectivity index (χ1n) is 9.90. The highest BCUT2D eigenvalue weighted by atomic mass is 16.5. The molecular formula is C21H35NO3. The van der Waals surface area contributed by atoms with Gasteiger partial charge in [0.1, 0.15) is 0 Å². The molecule has 25 heavy (non-hydrogen) atoms. The maximum absolute atomic E-state index is 12.3. The lowest BCUT2D eigenvalue weighted by molar-refractivity contribution is 0.0952. The van der Waals surface area contributed by atoms with Crippen LogP contribution in [-0.4, -0.2) is 25.7 Å². The first-order valence-corrected chi connectivity index (χ1v) is 9.90. The molecule has 0 aliphatic rings. The molecule has 0 unspecified atom stereocenters. The van der Waals surface area contributed by atoms with Crippen LogP contribution in [0.3, 0.4) is 0 Å². The van der Waals surface area contributed by atoms with Gasteiger partial charge in [-0.1, -0.05) is 52.9 Å². The van der Waals surface area contributed by atoms with Crippen molar-refractivity contribution in [1.82, 2.24) is 5.32 Å². The minimum absolute atomic E-state index is 0.0515. The lowest BCUT2D eigenvalue weighted by Gasteiger charge is -2.14. The molecule has 142 valence electrons. The summed E-state index contributed by atoms with van der Waals surface area (Å²) in [5, 5.41) is 2.95. The third kappa shape index (κ3) is 8.80. The molecule has 0 aliphatic carbocycles. The Morgan fingerprint density at radius 1 is 0.840 bits per heavy atom. The summed E-state index contributed by atoms with van der Waals surface area (Å²) in [5.74, 6) is 1.36. The van der Waals surface area contributed by atoms with Crippen molar-refractivity contribution < 1.29 is 14.3 Å². The summed E-state index contributed by atoms with van der Waals surface area (Å²) in [6.45, 7) is 8.50. The molecule has 0 aromatic heterocycles. The van der Waals surface area contributed by atoms with Gasteiger partial charge in [0.2, 0.25) is 0 Å². The Labute approximate surface area is 153 Å². The van der Waals surface area contributed by atoms with E-state index in [0.29, 0.717) is 31.1 Å². The Kier molecular flexibility index (Phi) is 11.6. The Morgan fingerprint density at radius 2 is 1.44 bits per heavy atom. The molecule has 0 aliphatic heterocycles. The summed E-state index contributed by atoms with van der Waals surface area (Å²) in [6.07, 6.45) is 8.73. The fourth-order valence-electron chi connectivity index (χ4n) is 2.43. The molecule has 0 atom stereocenters. The Hall–Kier alpha value is -1.71. The van der Waals surface area contributed by atoms with Gasteiger partial charge in [0, 0.05) is 12.1 Å². The molecule has 0 fully saturated rings. The molecule has 1 rings (SSSR count). The average Bonchev–Trinajstić information content (AvgIpc) is 2.63. The lowest BCUT2D eigenvalue weighted by atomic mass is 10.1. The molecule has 1 N–H and O–H groups in total. The molecule has 0 spiro atoms. The zero-order chi connectivity index (χ0) is 18.3. The van der Waals surface area contributed by atoms with Crippen molar-refractivity contribution in [2.24, 2.45) is 0 Å². The molecule has 1 aromatic carbocycles. The van der Waals surface area contributed by atoms with E-state index in [-0.39, 0.29) is 5.91 Å². The zero-order valence-electron chi connectivity index (χ0n) is 16.2. The van der Waals surface area contributed by atoms with Crippen molar-refractivity contribution in [3.05, 3.63) is 23.8 Å². The normalized spacial score (nSPS) is 10.5. The van der Waals surface area contributed by atoms with Crippen LogP contribution in [0.5, 0.6) is 11.5 Å². The third-order valence-corrected chi connectivity index (χ3v) is 4.03. The van der Waals surface area contributed by atoms with E-state index in [0.717, 1.165) is 50.7 Å². The maximum atomic E-state index is 12.3. The Balaban J connectivity index is 2.71. The maximum Gasteiger partial charge on any atom is 0.251 e. The lowest BCUT2D eigenvalue weighted by Crippen LogP contribution is -2.24. The summed E-state index contributed by atoms with van der Waals surface area (Å²) >= 11 is 0. The van der Waals surface area contributed by atoms with E-state index < -0.39 is 0 Å². The van der Waals surface area contributed by atoms with Crippen LogP contribution >= 0.6 is 0 Å². The highest BCUT2D eigenvalue weighted by Gasteiger charge is 2.11. The van der Waals surface area contributed by atoms with Crippen LogP contribution < -0.4 is 14.8 Å². The number of benzene rings is 1. The van der Waals surface area contributed by atoms with Crippen LogP contribution in [0.15, 0.2) is 18.2 Å². The highest BCUT2D eigenvalue weighted by molar-refractivity contribution is 5.94. The van der Waals surface area contributed by atoms with Crippen LogP contribution in [-0.2, 0) is 0 Å². The second-order valence-electron chi connectivity index (χ2n) is 6.38. The number of unbranched alkanes of at least 4 members (excludes halogenated alkanes) is 5. The number of amides is 1. The van der Waals surface area contributed by atoms with E-state index in [1.165, 1.54) is 6.42 Å². The predicted octanol–water partition coefficient (Wildman–Crippen LogP) is 5.35. The van der Waals surface area contributed by atoms with E-state index in [1.54, 1.807) is 0 Å². The second-order valence-corrected chi connectivity index (χ2v) is 6.38. The van der Waals surface area contributed by atoms with E-state index in [4.69, 9.17) is 9.47 Å². The standard InChI is InChI=1S/C21H35NO3/c1-4-7-10-15-24-19-13-12-18(21(23)22-14-9-6-3)17-20(19)25-16-11-8-5-2/h12-13,17H,4-11,14-16H2,1-3H3,(H,22,23). The quantitative estimate of drug-likeness (QED) is 0.460. The smallest absolute Gasteiger partial charge is 0.251 e. The number of carbonyl (C=O) groups excluding carboxylic acids is 1. The number of ether oxygens (including phenoxy) is 2. The Bertz CT molecular complexity index is 488. The molecule has 0 heterocycles. The zero-order valence-corrected chi connectivity index (χ0v) is 16.2. The van der Waals surface area contributed by atoms with Crippen LogP contribution in [0.4, 0.5) is 0 Å². The number of hydrogen-bond donors (Lipinski definition) is 1. The van der Waals surface area contributed by atoms with Gasteiger partial charge in [-0.05, 0) is 37.5 Å². The first-order chi connectivity index (χ1) is 12.2. The van der Waals surface area contributed by atoms with Crippen molar-refractivity contribution in [2.75, 3.05) is 19.8 Å². The van der Waals surface area contributed by atoms with Crippen molar-refractivity contribution in [2.45, 2.75) is 72.1 Å². The molecule has 0 radical (unpaired) electrons. The van der Waals surface area contributed by atoms with Gasteiger partial charge in [-0.3, -0.25) is 4.79 Å². The van der Waals surface area contributed by atoms with Crippen LogP contribution in [0, 0.1) is 0 Å². The van der Waals surface area contributed by atoms with E-state index >= 15 is 0 Å². The highest BCUT2D eigenvalue weighted by Crippen LogP contribution is 2.29. The van der Waals surface area contributed by atoms with Gasteiger partial charge in [0.25, 0.3) is 5.91 Å². The first kappa shape index (κ1) is 21.3. The van der Waals surface area contributed by atoms with Gasteiger partial charge < -0.3 is 14.8 Å². The van der Waals surface area contributed by atoms with E-state index in [9.17, 15) is 4.79 Å². The second kappa shape index (κ2) is 13.6. The number of rotatable bonds is 14. The summed E-state index contributed by atoms with van der Waals surface area (Å²) in [5.41, 5.74) is 0.627. The van der Waals surface area contributed by atoms with Gasteiger partial charge in [-0.25, -0.2) is 0 Å². The van der Waals surface area contributed by atoms with Crippen molar-refractivity contribution >= 4 is 5.91 Å². The van der Waals surface area contributed by atoms with Gasteiger partial charge in [-0.15, -0.1) is 0 Å². The van der Waals surface area contributed by atoms with E-state index in [2.05, 4.69) is 26.1 Å². The van der Waals surface area contributed by atoms with Crippen molar-refractivity contribution in [3.63, 3.8) is 0 Å². The summed E-state index contributed by atoms with van der Waals surface area (Å²) in [7, 11) is 0. The van der Waals surface area contributed by atoms with Gasteiger partial charge >= 0.3 is 0 Å². The summed E-state index contributed by atoms with van der Waals surface area (Å²) < 4.78 is 11.8. The van der Waals surface area contributed by atoms with Gasteiger partial charge in [-0.2, -0.15) is 0 Å². The van der Waals surface area contributed by atoms with E-state index in [1.807, 2.05) is 18.2 Å². The third-order valence-electron chi connectivity index (χ3n) is 4.03. The van der Waals surface area contributed by atoms with Gasteiger partial charge in [0.15, 0.2) is 11.5 Å². The molecular weight excluding hydrogens is 314 g/mol. The molecule has 4 heteroatoms. The van der Waals surface area contributed by atoms with Crippen LogP contribution in [0.2, 0.25) is 0 Å². The van der Waals surface area contributed by atoms with Crippen molar-refractivity contribution in [1.29, 1.82) is 0 Å². The fraction of sp³-hybridized carbons (Fsp3) is 0.667. The molecule has 1 aromatic rings. The Morgan fingerprint density at radius 3 is 2.04 bits per heavy atom. The number of hydrogen-bond acceptors (Lipinski definition) is 3. The number of carbonyl (C=O) groups is 1. The summed E-state index contributed by atoms with van der Waals surface area (Å²) in [4.78, 5) is 12.3. The molecule has 1 amide bonds. The molecule has 0 saturated heterocycles. The minimum Gasteiger partial charge on any atom is -0.490 e. The fourth-order valence-corrected chi connectivity index (χ4v) is 2.43. The largest absolute Gasteiger partial charge is 0.490 e. The topological polar surface area (TPSA) is 47.6 Å². The predicted molar refractivity (Wildman–Crippen MR) is 104 cm³/mol. The van der Waals surface area contributed by atoms with Crippen molar-refractivity contribution in [3.8, 4) is 11.5 Å². The average molecular weight is 350 g/mol. The monoisotopic (exact) mass is 349 g/mol. The minimum atomic E-state index is -0.0515. The molecule has 0 saturated carbocycles. The molecule has 0 bridgehead atoms. The SMILES string of the molecule is CCCCCOc1ccc(C(=O)NCCCC)cc1OCCCCC. The van der Waals surface area contributed by atoms with Crippen LogP contribution in [0.25, 0.3) is 0 Å². The van der Waals surface area contributed by atoms with Crippen LogP contribution in [0.1, 0.15) is 82.5 Å². The number of nitrogens with one attached hydrogen (secondary N) is 1.